The molecule has 11 nitrogen and oxygen atoms in total. The minimum absolute atomic E-state index is 0.0293. The van der Waals surface area contributed by atoms with Crippen LogP contribution in [0.15, 0.2) is 18.5 Å². The summed E-state index contributed by atoms with van der Waals surface area (Å²) in [6.45, 7) is 0.929. The monoisotopic (exact) mass is 533 g/mol. The summed E-state index contributed by atoms with van der Waals surface area (Å²) in [6.07, 6.45) is -5.07. The van der Waals surface area contributed by atoms with Crippen molar-refractivity contribution in [2.45, 2.75) is 56.7 Å². The van der Waals surface area contributed by atoms with Crippen LogP contribution >= 0.6 is 11.6 Å². The maximum absolute atomic E-state index is 15.0. The lowest BCUT2D eigenvalue weighted by Gasteiger charge is -2.17. The number of carbonyl (C=O) groups excluding carboxylic acids is 1. The molecular weight excluding hydrogens is 514 g/mol. The van der Waals surface area contributed by atoms with E-state index in [1.165, 1.54) is 22.9 Å². The van der Waals surface area contributed by atoms with Gasteiger partial charge < -0.3 is 20.1 Å². The van der Waals surface area contributed by atoms with Crippen LogP contribution < -0.4 is 10.6 Å². The van der Waals surface area contributed by atoms with Gasteiger partial charge in [-0.05, 0) is 19.8 Å². The van der Waals surface area contributed by atoms with E-state index in [1.807, 2.05) is 6.92 Å². The maximum Gasteiger partial charge on any atom is 0.522 e. The van der Waals surface area contributed by atoms with E-state index in [9.17, 15) is 22.4 Å². The molecule has 0 unspecified atom stereocenters. The highest BCUT2D eigenvalue weighted by Gasteiger charge is 2.44. The predicted octanol–water partition coefficient (Wildman–Crippen LogP) is 3.94. The van der Waals surface area contributed by atoms with Crippen LogP contribution in [0.5, 0.6) is 0 Å². The van der Waals surface area contributed by atoms with Crippen molar-refractivity contribution in [2.24, 2.45) is 0 Å². The summed E-state index contributed by atoms with van der Waals surface area (Å²) in [5.74, 6) is 0.344. The SMILES string of the molecule is CC1(NC(=O)O[C@H]2CO[C@@H](c3cc(Nc4ncc(Cl)c5nc(COC(F)(F)F)cn45)n[nH]3)[C@H]2F)CC1. The van der Waals surface area contributed by atoms with E-state index in [4.69, 9.17) is 21.1 Å². The Bertz CT molecular complexity index is 1280. The Morgan fingerprint density at radius 2 is 2.19 bits per heavy atom. The molecule has 5 rings (SSSR count). The number of halogens is 5. The Hall–Kier alpha value is -3.17. The highest BCUT2D eigenvalue weighted by Crippen LogP contribution is 2.36. The lowest BCUT2D eigenvalue weighted by atomic mass is 10.1. The van der Waals surface area contributed by atoms with Crippen molar-refractivity contribution in [1.82, 2.24) is 29.9 Å². The van der Waals surface area contributed by atoms with E-state index in [0.717, 1.165) is 12.8 Å². The minimum Gasteiger partial charge on any atom is -0.441 e. The first kappa shape index (κ1) is 24.5. The molecule has 4 heterocycles. The summed E-state index contributed by atoms with van der Waals surface area (Å²) in [4.78, 5) is 20.2. The molecule has 1 saturated heterocycles. The van der Waals surface area contributed by atoms with Gasteiger partial charge in [0.2, 0.25) is 5.95 Å². The highest BCUT2D eigenvalue weighted by molar-refractivity contribution is 6.33. The van der Waals surface area contributed by atoms with Gasteiger partial charge in [-0.25, -0.2) is 19.2 Å². The number of aromatic amines is 1. The van der Waals surface area contributed by atoms with Crippen LogP contribution in [0.1, 0.15) is 37.3 Å². The van der Waals surface area contributed by atoms with Gasteiger partial charge in [-0.3, -0.25) is 14.2 Å². The van der Waals surface area contributed by atoms with Crippen molar-refractivity contribution in [3.8, 4) is 0 Å². The Balaban J connectivity index is 1.26. The number of alkyl halides is 4. The van der Waals surface area contributed by atoms with Gasteiger partial charge >= 0.3 is 12.5 Å². The first-order valence-corrected chi connectivity index (χ1v) is 11.2. The molecule has 1 saturated carbocycles. The number of nitrogens with one attached hydrogen (secondary N) is 3. The van der Waals surface area contributed by atoms with Crippen LogP contribution in [0.3, 0.4) is 0 Å². The standard InChI is InChI=1S/C20H20ClF4N7O4/c1-19(2-3-19)29-18(33)36-12-8-34-15(14(12)22)11-4-13(31-30-11)28-17-26-5-10(21)16-27-9(6-32(16)17)7-35-20(23,24)25/h4-6,12,14-15H,2-3,7-8H2,1H3,(H,29,33)(H2,26,28,30,31)/t12-,14-,15-/m0/s1. The number of imidazole rings is 1. The van der Waals surface area contributed by atoms with Gasteiger partial charge in [0.25, 0.3) is 0 Å². The van der Waals surface area contributed by atoms with E-state index in [-0.39, 0.29) is 46.0 Å². The molecule has 2 aliphatic rings. The number of rotatable bonds is 7. The first-order chi connectivity index (χ1) is 17.0. The van der Waals surface area contributed by atoms with Gasteiger partial charge in [-0.1, -0.05) is 11.6 Å². The fourth-order valence-corrected chi connectivity index (χ4v) is 3.82. The molecule has 194 valence electrons. The van der Waals surface area contributed by atoms with Gasteiger partial charge in [-0.15, -0.1) is 13.2 Å². The zero-order chi connectivity index (χ0) is 25.7. The van der Waals surface area contributed by atoms with Crippen LogP contribution in [0.2, 0.25) is 5.02 Å². The molecule has 1 aliphatic carbocycles. The van der Waals surface area contributed by atoms with Crippen molar-refractivity contribution >= 4 is 35.1 Å². The minimum atomic E-state index is -4.82. The third-order valence-electron chi connectivity index (χ3n) is 5.77. The fraction of sp³-hybridized carbons (Fsp3) is 0.500. The molecule has 16 heteroatoms. The molecule has 36 heavy (non-hydrogen) atoms. The van der Waals surface area contributed by atoms with E-state index in [0.29, 0.717) is 0 Å². The molecule has 3 atom stereocenters. The van der Waals surface area contributed by atoms with E-state index in [1.54, 1.807) is 0 Å². The van der Waals surface area contributed by atoms with E-state index >= 15 is 0 Å². The number of hydrogen-bond acceptors (Lipinski definition) is 8. The second kappa shape index (κ2) is 9.05. The number of alkyl carbamates (subject to hydrolysis) is 1. The Morgan fingerprint density at radius 1 is 1.42 bits per heavy atom. The Morgan fingerprint density at radius 3 is 2.92 bits per heavy atom. The molecular formula is C20H20ClF4N7O4. The van der Waals surface area contributed by atoms with E-state index < -0.39 is 37.4 Å². The maximum atomic E-state index is 15.0. The van der Waals surface area contributed by atoms with Crippen LogP contribution in [0.25, 0.3) is 5.65 Å². The third-order valence-corrected chi connectivity index (χ3v) is 6.04. The van der Waals surface area contributed by atoms with Crippen molar-refractivity contribution in [2.75, 3.05) is 11.9 Å². The second-order valence-corrected chi connectivity index (χ2v) is 9.16. The molecule has 0 spiro atoms. The fourth-order valence-electron chi connectivity index (χ4n) is 3.64. The number of H-pyrrole nitrogens is 1. The molecule has 3 aromatic heterocycles. The molecule has 0 bridgehead atoms. The third kappa shape index (κ3) is 5.32. The summed E-state index contributed by atoms with van der Waals surface area (Å²) >= 11 is 6.07. The highest BCUT2D eigenvalue weighted by atomic mass is 35.5. The lowest BCUT2D eigenvalue weighted by Crippen LogP contribution is -2.39. The number of nitrogens with zero attached hydrogens (tertiary/aromatic N) is 4. The van der Waals surface area contributed by atoms with Crippen LogP contribution in [-0.4, -0.2) is 61.4 Å². The van der Waals surface area contributed by atoms with Gasteiger partial charge in [0.15, 0.2) is 23.7 Å². The number of anilines is 2. The van der Waals surface area contributed by atoms with Gasteiger partial charge in [-0.2, -0.15) is 5.10 Å². The van der Waals surface area contributed by atoms with Crippen molar-refractivity contribution in [3.63, 3.8) is 0 Å². The normalized spacial score (nSPS) is 23.1. The molecule has 0 radical (unpaired) electrons. The number of ether oxygens (including phenoxy) is 3. The quantitative estimate of drug-likeness (QED) is 0.390. The zero-order valence-corrected chi connectivity index (χ0v) is 19.4. The van der Waals surface area contributed by atoms with Crippen LogP contribution in [-0.2, 0) is 20.8 Å². The van der Waals surface area contributed by atoms with Crippen LogP contribution in [0, 0.1) is 0 Å². The van der Waals surface area contributed by atoms with Crippen molar-refractivity contribution in [3.05, 3.63) is 34.9 Å². The summed E-state index contributed by atoms with van der Waals surface area (Å²) < 4.78 is 67.9. The van der Waals surface area contributed by atoms with Crippen molar-refractivity contribution < 1.29 is 36.6 Å². The van der Waals surface area contributed by atoms with Gasteiger partial charge in [0.1, 0.15) is 11.1 Å². The first-order valence-electron chi connectivity index (χ1n) is 10.8. The average Bonchev–Trinajstić information content (AvgIpc) is 3.16. The average molecular weight is 534 g/mol. The molecule has 3 aromatic rings. The Kier molecular flexibility index (Phi) is 6.16. The molecule has 2 fully saturated rings. The number of hydrogen-bond donors (Lipinski definition) is 3. The molecule has 0 aromatic carbocycles. The number of fused-ring (bicyclic) bond motifs is 1. The number of carbonyl (C=O) groups is 1. The predicted molar refractivity (Wildman–Crippen MR) is 115 cm³/mol. The van der Waals surface area contributed by atoms with Gasteiger partial charge in [0.05, 0.1) is 30.8 Å². The smallest absolute Gasteiger partial charge is 0.441 e. The number of aromatic nitrogens is 5. The van der Waals surface area contributed by atoms with E-state index in [2.05, 4.69) is 35.5 Å². The molecule has 1 amide bonds. The number of amides is 1. The van der Waals surface area contributed by atoms with Crippen LogP contribution in [0.4, 0.5) is 34.1 Å². The summed E-state index contributed by atoms with van der Waals surface area (Å²) in [7, 11) is 0. The lowest BCUT2D eigenvalue weighted by molar-refractivity contribution is -0.330. The topological polar surface area (TPSA) is 128 Å². The summed E-state index contributed by atoms with van der Waals surface area (Å²) in [5.41, 5.74) is 0.0971. The molecule has 3 N–H and O–H groups in total. The van der Waals surface area contributed by atoms with Gasteiger partial charge in [0, 0.05) is 17.8 Å². The second-order valence-electron chi connectivity index (χ2n) is 8.75. The zero-order valence-electron chi connectivity index (χ0n) is 18.6. The summed E-state index contributed by atoms with van der Waals surface area (Å²) in [6, 6.07) is 1.47. The largest absolute Gasteiger partial charge is 0.522 e. The molecule has 1 aliphatic heterocycles. The van der Waals surface area contributed by atoms with Crippen molar-refractivity contribution in [1.29, 1.82) is 0 Å². The Labute approximate surface area is 205 Å². The summed E-state index contributed by atoms with van der Waals surface area (Å²) in [5, 5.41) is 12.4.